The number of benzene rings is 1. The van der Waals surface area contributed by atoms with Crippen molar-refractivity contribution >= 4 is 23.3 Å². The third-order valence-corrected chi connectivity index (χ3v) is 4.90. The third kappa shape index (κ3) is 3.14. The van der Waals surface area contributed by atoms with Crippen molar-refractivity contribution < 1.29 is 4.74 Å². The lowest BCUT2D eigenvalue weighted by Crippen LogP contribution is -2.30. The Labute approximate surface area is 130 Å². The first-order valence-electron chi connectivity index (χ1n) is 7.62. The number of imidazole rings is 1. The van der Waals surface area contributed by atoms with Crippen LogP contribution in [0.25, 0.3) is 11.0 Å². The summed E-state index contributed by atoms with van der Waals surface area (Å²) in [6.07, 6.45) is 3.80. The lowest BCUT2D eigenvalue weighted by atomic mass is 9.94. The lowest BCUT2D eigenvalue weighted by Gasteiger charge is -2.28. The highest BCUT2D eigenvalue weighted by molar-refractivity contribution is 7.71. The predicted octanol–water partition coefficient (Wildman–Crippen LogP) is 3.44. The van der Waals surface area contributed by atoms with Crippen molar-refractivity contribution in [2.45, 2.75) is 25.8 Å². The Bertz CT molecular complexity index is 668. The summed E-state index contributed by atoms with van der Waals surface area (Å²) in [6, 6.07) is 6.07. The van der Waals surface area contributed by atoms with Crippen LogP contribution in [0.15, 0.2) is 18.2 Å². The normalized spacial score (nSPS) is 17.4. The van der Waals surface area contributed by atoms with E-state index in [9.17, 15) is 0 Å². The fourth-order valence-corrected chi connectivity index (χ4v) is 3.44. The number of ether oxygens (including phenoxy) is 1. The first-order valence-corrected chi connectivity index (χ1v) is 8.03. The average molecular weight is 305 g/mol. The van der Waals surface area contributed by atoms with Gasteiger partial charge >= 0.3 is 0 Å². The molecule has 2 aromatic rings. The number of aromatic nitrogens is 2. The van der Waals surface area contributed by atoms with Gasteiger partial charge in [-0.2, -0.15) is 0 Å². The Morgan fingerprint density at radius 3 is 2.81 bits per heavy atom. The van der Waals surface area contributed by atoms with Crippen LogP contribution in [0.4, 0.5) is 0 Å². The van der Waals surface area contributed by atoms with E-state index in [0.717, 1.165) is 34.0 Å². The van der Waals surface area contributed by atoms with Crippen molar-refractivity contribution in [1.29, 1.82) is 0 Å². The van der Waals surface area contributed by atoms with Gasteiger partial charge in [0.1, 0.15) is 5.75 Å². The second kappa shape index (κ2) is 6.20. The number of aryl methyl sites for hydroxylation is 1. The molecule has 1 N–H and O–H groups in total. The minimum atomic E-state index is 0.811. The fraction of sp³-hybridized carbons (Fsp3) is 0.562. The highest BCUT2D eigenvalue weighted by atomic mass is 32.1. The Morgan fingerprint density at radius 2 is 2.10 bits per heavy atom. The van der Waals surface area contributed by atoms with Crippen molar-refractivity contribution in [3.8, 4) is 5.75 Å². The van der Waals surface area contributed by atoms with Gasteiger partial charge in [-0.15, -0.1) is 0 Å². The molecule has 0 atom stereocenters. The smallest absolute Gasteiger partial charge is 0.178 e. The number of piperidine rings is 1. The lowest BCUT2D eigenvalue weighted by molar-refractivity contribution is 0.208. The second-order valence-electron chi connectivity index (χ2n) is 6.00. The molecule has 114 valence electrons. The number of nitrogens with one attached hydrogen (secondary N) is 1. The number of hydrogen-bond donors (Lipinski definition) is 1. The van der Waals surface area contributed by atoms with Gasteiger partial charge in [0, 0.05) is 12.6 Å². The van der Waals surface area contributed by atoms with Gasteiger partial charge in [0.25, 0.3) is 0 Å². The topological polar surface area (TPSA) is 33.2 Å². The van der Waals surface area contributed by atoms with Crippen LogP contribution in [0.3, 0.4) is 0 Å². The Kier molecular flexibility index (Phi) is 4.31. The summed E-state index contributed by atoms with van der Waals surface area (Å²) in [6.45, 7) is 3.43. The molecule has 0 radical (unpaired) electrons. The number of nitrogens with zero attached hydrogens (tertiary/aromatic N) is 2. The molecular weight excluding hydrogens is 282 g/mol. The van der Waals surface area contributed by atoms with Crippen molar-refractivity contribution in [2.24, 2.45) is 5.92 Å². The molecule has 5 heteroatoms. The zero-order valence-corrected chi connectivity index (χ0v) is 13.6. The van der Waals surface area contributed by atoms with E-state index in [2.05, 4.69) is 27.6 Å². The summed E-state index contributed by atoms with van der Waals surface area (Å²) in [7, 11) is 3.91. The molecule has 21 heavy (non-hydrogen) atoms. The summed E-state index contributed by atoms with van der Waals surface area (Å²) < 4.78 is 8.35. The van der Waals surface area contributed by atoms with E-state index in [1.165, 1.54) is 32.4 Å². The number of likely N-dealkylation sites (tertiary alicyclic amines) is 1. The van der Waals surface area contributed by atoms with Crippen molar-refractivity contribution in [1.82, 2.24) is 14.5 Å². The molecule has 0 aliphatic carbocycles. The van der Waals surface area contributed by atoms with E-state index < -0.39 is 0 Å². The van der Waals surface area contributed by atoms with Crippen molar-refractivity contribution in [3.63, 3.8) is 0 Å². The molecule has 0 spiro atoms. The van der Waals surface area contributed by atoms with Crippen LogP contribution in [0, 0.1) is 10.7 Å². The first-order chi connectivity index (χ1) is 10.2. The number of hydrogen-bond acceptors (Lipinski definition) is 3. The fourth-order valence-electron chi connectivity index (χ4n) is 3.14. The van der Waals surface area contributed by atoms with Crippen LogP contribution in [0.1, 0.15) is 19.3 Å². The van der Waals surface area contributed by atoms with Crippen LogP contribution in [0.5, 0.6) is 5.75 Å². The van der Waals surface area contributed by atoms with Gasteiger partial charge in [0.15, 0.2) is 4.77 Å². The van der Waals surface area contributed by atoms with Crippen LogP contribution >= 0.6 is 12.2 Å². The number of aromatic amines is 1. The van der Waals surface area contributed by atoms with Gasteiger partial charge in [0.05, 0.1) is 18.1 Å². The van der Waals surface area contributed by atoms with Gasteiger partial charge in [-0.3, -0.25) is 0 Å². The van der Waals surface area contributed by atoms with Gasteiger partial charge in [-0.05, 0) is 69.7 Å². The van der Waals surface area contributed by atoms with Crippen LogP contribution in [0.2, 0.25) is 0 Å². The Morgan fingerprint density at radius 1 is 1.33 bits per heavy atom. The largest absolute Gasteiger partial charge is 0.497 e. The van der Waals surface area contributed by atoms with E-state index in [1.54, 1.807) is 7.11 Å². The quantitative estimate of drug-likeness (QED) is 0.879. The zero-order chi connectivity index (χ0) is 14.8. The molecule has 1 aliphatic rings. The van der Waals surface area contributed by atoms with Crippen molar-refractivity contribution in [3.05, 3.63) is 23.0 Å². The molecule has 4 nitrogen and oxygen atoms in total. The molecule has 0 amide bonds. The molecule has 1 aliphatic heterocycles. The van der Waals surface area contributed by atoms with E-state index in [4.69, 9.17) is 17.0 Å². The zero-order valence-electron chi connectivity index (χ0n) is 12.8. The van der Waals surface area contributed by atoms with E-state index in [0.29, 0.717) is 0 Å². The predicted molar refractivity (Wildman–Crippen MR) is 88.5 cm³/mol. The van der Waals surface area contributed by atoms with E-state index in [1.807, 2.05) is 12.1 Å². The first kappa shape index (κ1) is 14.6. The number of fused-ring (bicyclic) bond motifs is 1. The molecule has 0 unspecified atom stereocenters. The summed E-state index contributed by atoms with van der Waals surface area (Å²) in [4.78, 5) is 5.70. The standard InChI is InChI=1S/C16H23N3OS/c1-18-8-5-12(6-9-18)7-10-19-15-11-13(20-2)3-4-14(15)17-16(19)21/h3-4,11-12H,5-10H2,1-2H3,(H,17,21). The maximum atomic E-state index is 5.48. The summed E-state index contributed by atoms with van der Waals surface area (Å²) >= 11 is 5.48. The third-order valence-electron chi connectivity index (χ3n) is 4.58. The Hall–Kier alpha value is -1.33. The van der Waals surface area contributed by atoms with E-state index >= 15 is 0 Å². The molecule has 2 heterocycles. The summed E-state index contributed by atoms with van der Waals surface area (Å²) in [5, 5.41) is 0. The van der Waals surface area contributed by atoms with Crippen LogP contribution < -0.4 is 4.74 Å². The van der Waals surface area contributed by atoms with Crippen LogP contribution in [-0.4, -0.2) is 41.7 Å². The minimum absolute atomic E-state index is 0.811. The highest BCUT2D eigenvalue weighted by Crippen LogP contribution is 2.24. The maximum absolute atomic E-state index is 5.48. The monoisotopic (exact) mass is 305 g/mol. The number of rotatable bonds is 4. The second-order valence-corrected chi connectivity index (χ2v) is 6.39. The molecule has 0 bridgehead atoms. The molecule has 1 saturated heterocycles. The Balaban J connectivity index is 1.77. The summed E-state index contributed by atoms with van der Waals surface area (Å²) in [5.74, 6) is 1.70. The van der Waals surface area contributed by atoms with Crippen LogP contribution in [-0.2, 0) is 6.54 Å². The molecule has 1 aromatic heterocycles. The molecule has 3 rings (SSSR count). The van der Waals surface area contributed by atoms with Gasteiger partial charge in [-0.1, -0.05) is 0 Å². The molecule has 1 aromatic carbocycles. The molecule has 0 saturated carbocycles. The highest BCUT2D eigenvalue weighted by Gasteiger charge is 2.17. The van der Waals surface area contributed by atoms with Gasteiger partial charge in [0.2, 0.25) is 0 Å². The SMILES string of the molecule is COc1ccc2[nH]c(=S)n(CCC3CCN(C)CC3)c2c1. The van der Waals surface area contributed by atoms with Gasteiger partial charge in [-0.25, -0.2) is 0 Å². The summed E-state index contributed by atoms with van der Waals surface area (Å²) in [5.41, 5.74) is 2.23. The number of methoxy groups -OCH3 is 1. The van der Waals surface area contributed by atoms with Gasteiger partial charge < -0.3 is 19.2 Å². The maximum Gasteiger partial charge on any atom is 0.178 e. The van der Waals surface area contributed by atoms with Crippen molar-refractivity contribution in [2.75, 3.05) is 27.2 Å². The van der Waals surface area contributed by atoms with E-state index in [-0.39, 0.29) is 0 Å². The molecule has 1 fully saturated rings. The minimum Gasteiger partial charge on any atom is -0.497 e. The average Bonchev–Trinajstić information content (AvgIpc) is 2.81. The number of H-pyrrole nitrogens is 1. The molecular formula is C16H23N3OS.